The van der Waals surface area contributed by atoms with Crippen LogP contribution in [0.15, 0.2) is 59.4 Å². The summed E-state index contributed by atoms with van der Waals surface area (Å²) in [7, 11) is 0. The summed E-state index contributed by atoms with van der Waals surface area (Å²) in [6.45, 7) is 0.728. The van der Waals surface area contributed by atoms with Crippen LogP contribution in [-0.2, 0) is 17.6 Å². The first-order chi connectivity index (χ1) is 11.7. The molecule has 1 aromatic heterocycles. The molecule has 0 saturated carbocycles. The lowest BCUT2D eigenvalue weighted by Crippen LogP contribution is -2.29. The Labute approximate surface area is 139 Å². The van der Waals surface area contributed by atoms with E-state index >= 15 is 0 Å². The van der Waals surface area contributed by atoms with Crippen molar-refractivity contribution in [2.45, 2.75) is 19.3 Å². The van der Waals surface area contributed by atoms with Gasteiger partial charge in [-0.1, -0.05) is 36.4 Å². The Kier molecular flexibility index (Phi) is 3.65. The fourth-order valence-corrected chi connectivity index (χ4v) is 3.35. The zero-order chi connectivity index (χ0) is 16.5. The van der Waals surface area contributed by atoms with Gasteiger partial charge in [-0.25, -0.2) is 0 Å². The second-order valence-corrected chi connectivity index (χ2v) is 6.14. The molecule has 0 bridgehead atoms. The summed E-state index contributed by atoms with van der Waals surface area (Å²) in [5, 5.41) is 0.992. The van der Waals surface area contributed by atoms with Crippen molar-refractivity contribution in [1.82, 2.24) is 4.98 Å². The number of hydrogen-bond acceptors (Lipinski definition) is 2. The molecule has 0 radical (unpaired) electrons. The van der Waals surface area contributed by atoms with Gasteiger partial charge in [0.2, 0.25) is 5.91 Å². The van der Waals surface area contributed by atoms with Crippen LogP contribution in [0, 0.1) is 0 Å². The highest BCUT2D eigenvalue weighted by Gasteiger charge is 2.23. The van der Waals surface area contributed by atoms with E-state index in [0.717, 1.165) is 29.6 Å². The first-order valence-corrected chi connectivity index (χ1v) is 8.21. The van der Waals surface area contributed by atoms with Gasteiger partial charge in [0.25, 0.3) is 5.56 Å². The summed E-state index contributed by atoms with van der Waals surface area (Å²) < 4.78 is 0. The van der Waals surface area contributed by atoms with E-state index in [0.29, 0.717) is 18.4 Å². The van der Waals surface area contributed by atoms with Crippen LogP contribution in [0.5, 0.6) is 0 Å². The van der Waals surface area contributed by atoms with Crippen molar-refractivity contribution in [2.75, 3.05) is 11.4 Å². The number of benzene rings is 2. The molecule has 24 heavy (non-hydrogen) atoms. The van der Waals surface area contributed by atoms with Gasteiger partial charge in [0.1, 0.15) is 0 Å². The first-order valence-electron chi connectivity index (χ1n) is 8.21. The maximum atomic E-state index is 12.6. The Hall–Kier alpha value is -2.88. The van der Waals surface area contributed by atoms with Crippen LogP contribution in [0.4, 0.5) is 5.69 Å². The molecule has 4 heteroatoms. The molecule has 0 spiro atoms. The van der Waals surface area contributed by atoms with Gasteiger partial charge < -0.3 is 9.88 Å². The molecule has 1 aliphatic heterocycles. The van der Waals surface area contributed by atoms with Crippen LogP contribution in [0.2, 0.25) is 0 Å². The van der Waals surface area contributed by atoms with Gasteiger partial charge in [-0.3, -0.25) is 9.59 Å². The number of nitrogens with zero attached hydrogens (tertiary/aromatic N) is 1. The number of carbonyl (C=O) groups is 1. The van der Waals surface area contributed by atoms with E-state index in [1.54, 1.807) is 0 Å². The largest absolute Gasteiger partial charge is 0.322 e. The van der Waals surface area contributed by atoms with E-state index < -0.39 is 0 Å². The molecule has 4 rings (SSSR count). The van der Waals surface area contributed by atoms with Gasteiger partial charge in [0, 0.05) is 29.7 Å². The number of amides is 1. The molecule has 2 heterocycles. The Bertz CT molecular complexity index is 975. The molecule has 3 aromatic rings. The summed E-state index contributed by atoms with van der Waals surface area (Å²) in [4.78, 5) is 29.5. The Balaban J connectivity index is 1.52. The molecule has 0 unspecified atom stereocenters. The van der Waals surface area contributed by atoms with Crippen molar-refractivity contribution >= 4 is 22.5 Å². The first kappa shape index (κ1) is 14.7. The van der Waals surface area contributed by atoms with E-state index in [4.69, 9.17) is 0 Å². The number of aromatic amines is 1. The highest BCUT2D eigenvalue weighted by atomic mass is 16.2. The number of H-pyrrole nitrogens is 1. The van der Waals surface area contributed by atoms with Crippen LogP contribution in [-0.4, -0.2) is 17.4 Å². The van der Waals surface area contributed by atoms with E-state index in [1.807, 2.05) is 53.4 Å². The number of pyridine rings is 1. The molecular weight excluding hydrogens is 300 g/mol. The minimum absolute atomic E-state index is 0.0764. The number of fused-ring (bicyclic) bond motifs is 2. The van der Waals surface area contributed by atoms with Crippen molar-refractivity contribution in [2.24, 2.45) is 0 Å². The van der Waals surface area contributed by atoms with Crippen molar-refractivity contribution in [3.05, 3.63) is 76.1 Å². The summed E-state index contributed by atoms with van der Waals surface area (Å²) in [5.74, 6) is 0.0764. The second kappa shape index (κ2) is 5.96. The minimum Gasteiger partial charge on any atom is -0.322 e. The normalized spacial score (nSPS) is 13.2. The third-order valence-corrected chi connectivity index (χ3v) is 4.63. The molecule has 0 fully saturated rings. The third kappa shape index (κ3) is 2.60. The quantitative estimate of drug-likeness (QED) is 0.807. The lowest BCUT2D eigenvalue weighted by atomic mass is 10.1. The molecule has 0 saturated heterocycles. The van der Waals surface area contributed by atoms with Gasteiger partial charge in [0.05, 0.1) is 0 Å². The van der Waals surface area contributed by atoms with Crippen LogP contribution in [0.3, 0.4) is 0 Å². The lowest BCUT2D eigenvalue weighted by Gasteiger charge is -2.17. The number of para-hydroxylation sites is 2. The number of hydrogen-bond donors (Lipinski definition) is 1. The van der Waals surface area contributed by atoms with Crippen molar-refractivity contribution in [1.29, 1.82) is 0 Å². The fraction of sp³-hybridized carbons (Fsp3) is 0.200. The predicted molar refractivity (Wildman–Crippen MR) is 95.4 cm³/mol. The summed E-state index contributed by atoms with van der Waals surface area (Å²) in [6.07, 6.45) is 1.70. The van der Waals surface area contributed by atoms with E-state index in [-0.39, 0.29) is 11.5 Å². The third-order valence-electron chi connectivity index (χ3n) is 4.63. The number of anilines is 1. The SMILES string of the molecule is O=C(CCc1cc2ccccc2[nH]c1=O)N1CCc2ccccc21. The van der Waals surface area contributed by atoms with Gasteiger partial charge in [-0.15, -0.1) is 0 Å². The zero-order valence-electron chi connectivity index (χ0n) is 13.3. The summed E-state index contributed by atoms with van der Waals surface area (Å²) in [5.41, 5.74) is 3.60. The Morgan fingerprint density at radius 3 is 2.79 bits per heavy atom. The number of rotatable bonds is 3. The highest BCUT2D eigenvalue weighted by Crippen LogP contribution is 2.28. The van der Waals surface area contributed by atoms with Crippen LogP contribution < -0.4 is 10.5 Å². The molecule has 4 nitrogen and oxygen atoms in total. The average molecular weight is 318 g/mol. The highest BCUT2D eigenvalue weighted by molar-refractivity contribution is 5.95. The van der Waals surface area contributed by atoms with Crippen molar-refractivity contribution in [3.8, 4) is 0 Å². The molecule has 2 aromatic carbocycles. The van der Waals surface area contributed by atoms with Crippen LogP contribution in [0.1, 0.15) is 17.5 Å². The molecular formula is C20H18N2O2. The molecule has 1 aliphatic rings. The number of carbonyl (C=O) groups excluding carboxylic acids is 1. The fourth-order valence-electron chi connectivity index (χ4n) is 3.35. The van der Waals surface area contributed by atoms with Gasteiger partial charge in [0.15, 0.2) is 0 Å². The van der Waals surface area contributed by atoms with E-state index in [9.17, 15) is 9.59 Å². The standard InChI is InChI=1S/C20H18N2O2/c23-19(22-12-11-14-5-2-4-8-18(14)22)10-9-16-13-15-6-1-3-7-17(15)21-20(16)24/h1-8,13H,9-12H2,(H,21,24). The molecule has 0 aliphatic carbocycles. The van der Waals surface area contributed by atoms with Gasteiger partial charge in [-0.05, 0) is 42.0 Å². The summed E-state index contributed by atoms with van der Waals surface area (Å²) >= 11 is 0. The smallest absolute Gasteiger partial charge is 0.251 e. The van der Waals surface area contributed by atoms with E-state index in [1.165, 1.54) is 5.56 Å². The number of aryl methyl sites for hydroxylation is 1. The molecule has 1 amide bonds. The lowest BCUT2D eigenvalue weighted by molar-refractivity contribution is -0.118. The topological polar surface area (TPSA) is 53.2 Å². The van der Waals surface area contributed by atoms with Crippen LogP contribution in [0.25, 0.3) is 10.9 Å². The average Bonchev–Trinajstić information content (AvgIpc) is 3.04. The van der Waals surface area contributed by atoms with Crippen LogP contribution >= 0.6 is 0 Å². The predicted octanol–water partition coefficient (Wildman–Crippen LogP) is 3.05. The molecule has 0 atom stereocenters. The minimum atomic E-state index is -0.108. The molecule has 1 N–H and O–H groups in total. The van der Waals surface area contributed by atoms with Gasteiger partial charge in [-0.2, -0.15) is 0 Å². The van der Waals surface area contributed by atoms with E-state index in [2.05, 4.69) is 11.1 Å². The summed E-state index contributed by atoms with van der Waals surface area (Å²) in [6, 6.07) is 17.6. The Morgan fingerprint density at radius 2 is 1.88 bits per heavy atom. The second-order valence-electron chi connectivity index (χ2n) is 6.14. The number of aromatic nitrogens is 1. The zero-order valence-corrected chi connectivity index (χ0v) is 13.3. The maximum absolute atomic E-state index is 12.6. The van der Waals surface area contributed by atoms with Crippen molar-refractivity contribution < 1.29 is 4.79 Å². The van der Waals surface area contributed by atoms with Gasteiger partial charge >= 0.3 is 0 Å². The monoisotopic (exact) mass is 318 g/mol. The number of nitrogens with one attached hydrogen (secondary N) is 1. The Morgan fingerprint density at radius 1 is 1.08 bits per heavy atom. The van der Waals surface area contributed by atoms with Crippen molar-refractivity contribution in [3.63, 3.8) is 0 Å². The maximum Gasteiger partial charge on any atom is 0.251 e. The molecule has 120 valence electrons.